The highest BCUT2D eigenvalue weighted by Gasteiger charge is 2.10. The van der Waals surface area contributed by atoms with E-state index in [1.807, 2.05) is 31.2 Å². The van der Waals surface area contributed by atoms with Gasteiger partial charge in [-0.15, -0.1) is 0 Å². The van der Waals surface area contributed by atoms with Gasteiger partial charge in [0, 0.05) is 12.1 Å². The molecule has 0 heterocycles. The van der Waals surface area contributed by atoms with E-state index in [4.69, 9.17) is 4.74 Å². The van der Waals surface area contributed by atoms with E-state index in [0.29, 0.717) is 0 Å². The molecule has 0 spiro atoms. The standard InChI is InChI=1S/C16H20N2O4/c1-11(2)17-16(21)18-14(19)10-22-15(20)8-7-13-6-4-5-12(3)9-13/h4-9,11H,10H2,1-3H3,(H2,17,18,19,21)/b8-7+. The molecule has 2 N–H and O–H groups in total. The predicted molar refractivity (Wildman–Crippen MR) is 83.0 cm³/mol. The van der Waals surface area contributed by atoms with E-state index in [0.717, 1.165) is 11.1 Å². The Labute approximate surface area is 129 Å². The van der Waals surface area contributed by atoms with Crippen LogP contribution in [-0.2, 0) is 14.3 Å². The fourth-order valence-electron chi connectivity index (χ4n) is 1.58. The molecule has 22 heavy (non-hydrogen) atoms. The van der Waals surface area contributed by atoms with Gasteiger partial charge in [0.1, 0.15) is 0 Å². The van der Waals surface area contributed by atoms with Crippen LogP contribution in [0.3, 0.4) is 0 Å². The van der Waals surface area contributed by atoms with Crippen molar-refractivity contribution in [3.63, 3.8) is 0 Å². The molecule has 118 valence electrons. The molecular formula is C16H20N2O4. The largest absolute Gasteiger partial charge is 0.452 e. The maximum Gasteiger partial charge on any atom is 0.331 e. The van der Waals surface area contributed by atoms with Crippen molar-refractivity contribution in [2.24, 2.45) is 0 Å². The Morgan fingerprint density at radius 1 is 1.27 bits per heavy atom. The number of hydrogen-bond acceptors (Lipinski definition) is 4. The monoisotopic (exact) mass is 304 g/mol. The number of carbonyl (C=O) groups is 3. The number of carbonyl (C=O) groups excluding carboxylic acids is 3. The molecule has 0 fully saturated rings. The number of esters is 1. The molecule has 6 nitrogen and oxygen atoms in total. The second kappa shape index (κ2) is 8.61. The van der Waals surface area contributed by atoms with Gasteiger partial charge in [-0.25, -0.2) is 9.59 Å². The van der Waals surface area contributed by atoms with Crippen molar-refractivity contribution < 1.29 is 19.1 Å². The van der Waals surface area contributed by atoms with Crippen molar-refractivity contribution in [3.8, 4) is 0 Å². The summed E-state index contributed by atoms with van der Waals surface area (Å²) in [6.07, 6.45) is 2.83. The van der Waals surface area contributed by atoms with Crippen LogP contribution in [0.5, 0.6) is 0 Å². The zero-order chi connectivity index (χ0) is 16.5. The molecule has 0 saturated carbocycles. The first kappa shape index (κ1) is 17.4. The molecule has 0 aliphatic rings. The lowest BCUT2D eigenvalue weighted by Gasteiger charge is -2.08. The van der Waals surface area contributed by atoms with Gasteiger partial charge in [-0.1, -0.05) is 29.8 Å². The molecule has 0 atom stereocenters. The van der Waals surface area contributed by atoms with E-state index >= 15 is 0 Å². The van der Waals surface area contributed by atoms with E-state index in [-0.39, 0.29) is 6.04 Å². The van der Waals surface area contributed by atoms with Crippen molar-refractivity contribution in [3.05, 3.63) is 41.5 Å². The number of urea groups is 1. The normalized spacial score (nSPS) is 10.5. The maximum atomic E-state index is 11.5. The first-order valence-electron chi connectivity index (χ1n) is 6.88. The minimum Gasteiger partial charge on any atom is -0.452 e. The highest BCUT2D eigenvalue weighted by molar-refractivity contribution is 5.96. The van der Waals surface area contributed by atoms with Crippen LogP contribution >= 0.6 is 0 Å². The lowest BCUT2D eigenvalue weighted by molar-refractivity contribution is -0.143. The summed E-state index contributed by atoms with van der Waals surface area (Å²) in [7, 11) is 0. The summed E-state index contributed by atoms with van der Waals surface area (Å²) in [4.78, 5) is 34.1. The van der Waals surface area contributed by atoms with Gasteiger partial charge in [0.15, 0.2) is 6.61 Å². The SMILES string of the molecule is Cc1cccc(/C=C/C(=O)OCC(=O)NC(=O)NC(C)C)c1. The second-order valence-corrected chi connectivity index (χ2v) is 5.03. The van der Waals surface area contributed by atoms with Gasteiger partial charge >= 0.3 is 12.0 Å². The Kier molecular flexibility index (Phi) is 6.82. The maximum absolute atomic E-state index is 11.5. The van der Waals surface area contributed by atoms with Crippen LogP contribution < -0.4 is 10.6 Å². The van der Waals surface area contributed by atoms with Crippen LogP contribution in [0, 0.1) is 6.92 Å². The van der Waals surface area contributed by atoms with Crippen LogP contribution in [0.2, 0.25) is 0 Å². The molecule has 0 aliphatic carbocycles. The van der Waals surface area contributed by atoms with Gasteiger partial charge in [0.05, 0.1) is 0 Å². The van der Waals surface area contributed by atoms with Crippen molar-refractivity contribution in [2.45, 2.75) is 26.8 Å². The minimum atomic E-state index is -0.685. The third-order valence-corrected chi connectivity index (χ3v) is 2.47. The zero-order valence-electron chi connectivity index (χ0n) is 12.9. The number of amides is 3. The Balaban J connectivity index is 2.36. The van der Waals surface area contributed by atoms with E-state index < -0.39 is 24.5 Å². The van der Waals surface area contributed by atoms with Crippen LogP contribution in [0.15, 0.2) is 30.3 Å². The first-order chi connectivity index (χ1) is 10.4. The quantitative estimate of drug-likeness (QED) is 0.641. The van der Waals surface area contributed by atoms with E-state index in [1.54, 1.807) is 19.9 Å². The number of hydrogen-bond donors (Lipinski definition) is 2. The summed E-state index contributed by atoms with van der Waals surface area (Å²) in [6.45, 7) is 4.96. The number of aryl methyl sites for hydroxylation is 1. The van der Waals surface area contributed by atoms with E-state index in [2.05, 4.69) is 10.6 Å². The molecule has 0 bridgehead atoms. The summed E-state index contributed by atoms with van der Waals surface area (Å²) in [5.74, 6) is -1.34. The van der Waals surface area contributed by atoms with Crippen molar-refractivity contribution >= 4 is 24.0 Å². The Bertz CT molecular complexity index is 579. The molecule has 0 saturated heterocycles. The minimum absolute atomic E-state index is 0.0902. The fourth-order valence-corrected chi connectivity index (χ4v) is 1.58. The third-order valence-electron chi connectivity index (χ3n) is 2.47. The van der Waals surface area contributed by atoms with Gasteiger partial charge in [0.2, 0.25) is 0 Å². The summed E-state index contributed by atoms with van der Waals surface area (Å²) < 4.78 is 4.74. The zero-order valence-corrected chi connectivity index (χ0v) is 12.9. The number of ether oxygens (including phenoxy) is 1. The summed E-state index contributed by atoms with van der Waals surface area (Å²) in [6, 6.07) is 6.87. The smallest absolute Gasteiger partial charge is 0.331 e. The summed E-state index contributed by atoms with van der Waals surface area (Å²) >= 11 is 0. The molecule has 1 aromatic carbocycles. The molecule has 1 aromatic rings. The van der Waals surface area contributed by atoms with Crippen molar-refractivity contribution in [2.75, 3.05) is 6.61 Å². The molecule has 0 aliphatic heterocycles. The van der Waals surface area contributed by atoms with Gasteiger partial charge in [-0.05, 0) is 32.4 Å². The molecule has 1 rings (SSSR count). The van der Waals surface area contributed by atoms with E-state index in [9.17, 15) is 14.4 Å². The highest BCUT2D eigenvalue weighted by atomic mass is 16.5. The molecule has 3 amide bonds. The molecular weight excluding hydrogens is 284 g/mol. The second-order valence-electron chi connectivity index (χ2n) is 5.03. The summed E-state index contributed by atoms with van der Waals surface area (Å²) in [5.41, 5.74) is 1.93. The number of rotatable bonds is 5. The van der Waals surface area contributed by atoms with Gasteiger partial charge < -0.3 is 10.1 Å². The Morgan fingerprint density at radius 2 is 2.00 bits per heavy atom. The lowest BCUT2D eigenvalue weighted by atomic mass is 10.1. The topological polar surface area (TPSA) is 84.5 Å². The van der Waals surface area contributed by atoms with Crippen molar-refractivity contribution in [1.82, 2.24) is 10.6 Å². The van der Waals surface area contributed by atoms with E-state index in [1.165, 1.54) is 6.08 Å². The average molecular weight is 304 g/mol. The van der Waals surface area contributed by atoms with Gasteiger partial charge in [-0.3, -0.25) is 10.1 Å². The Morgan fingerprint density at radius 3 is 2.64 bits per heavy atom. The third kappa shape index (κ3) is 7.23. The van der Waals surface area contributed by atoms with Crippen LogP contribution in [-0.4, -0.2) is 30.6 Å². The van der Waals surface area contributed by atoms with Crippen LogP contribution in [0.1, 0.15) is 25.0 Å². The highest BCUT2D eigenvalue weighted by Crippen LogP contribution is 2.05. The number of benzene rings is 1. The van der Waals surface area contributed by atoms with Crippen molar-refractivity contribution in [1.29, 1.82) is 0 Å². The van der Waals surface area contributed by atoms with Gasteiger partial charge in [0.25, 0.3) is 5.91 Å². The molecule has 6 heteroatoms. The Hall–Kier alpha value is -2.63. The summed E-state index contributed by atoms with van der Waals surface area (Å²) in [5, 5.41) is 4.55. The number of nitrogens with one attached hydrogen (secondary N) is 2. The van der Waals surface area contributed by atoms with Gasteiger partial charge in [-0.2, -0.15) is 0 Å². The molecule has 0 radical (unpaired) electrons. The van der Waals surface area contributed by atoms with Crippen LogP contribution in [0.25, 0.3) is 6.08 Å². The molecule has 0 unspecified atom stereocenters. The lowest BCUT2D eigenvalue weighted by Crippen LogP contribution is -2.43. The first-order valence-corrected chi connectivity index (χ1v) is 6.88. The van der Waals surface area contributed by atoms with Crippen LogP contribution in [0.4, 0.5) is 4.79 Å². The fraction of sp³-hybridized carbons (Fsp3) is 0.312. The predicted octanol–water partition coefficient (Wildman–Crippen LogP) is 1.79. The average Bonchev–Trinajstić information content (AvgIpc) is 2.42. The number of imide groups is 1. The molecule has 0 aromatic heterocycles.